The maximum absolute atomic E-state index is 13.5. The molecule has 162 valence electrons. The lowest BCUT2D eigenvalue weighted by atomic mass is 10.0. The molecule has 0 fully saturated rings. The van der Waals surface area contributed by atoms with Crippen molar-refractivity contribution in [3.8, 4) is 11.3 Å². The van der Waals surface area contributed by atoms with Crippen LogP contribution in [-0.4, -0.2) is 10.7 Å². The maximum Gasteiger partial charge on any atom is 0.207 e. The number of aromatic nitrogens is 1. The third-order valence-electron chi connectivity index (χ3n) is 5.55. The Bertz CT molecular complexity index is 1210. The second kappa shape index (κ2) is 8.96. The van der Waals surface area contributed by atoms with Crippen molar-refractivity contribution in [2.75, 3.05) is 5.01 Å². The van der Waals surface area contributed by atoms with Gasteiger partial charge in [0.05, 0.1) is 22.3 Å². The zero-order valence-electron chi connectivity index (χ0n) is 18.0. The molecule has 3 nitrogen and oxygen atoms in total. The summed E-state index contributed by atoms with van der Waals surface area (Å²) in [6, 6.07) is 19.6. The third kappa shape index (κ3) is 4.38. The molecule has 0 aliphatic carbocycles. The van der Waals surface area contributed by atoms with Crippen molar-refractivity contribution in [1.29, 1.82) is 0 Å². The fourth-order valence-electron chi connectivity index (χ4n) is 4.01. The van der Waals surface area contributed by atoms with Crippen molar-refractivity contribution < 1.29 is 4.39 Å². The summed E-state index contributed by atoms with van der Waals surface area (Å²) < 4.78 is 13.5. The molecule has 0 amide bonds. The Labute approximate surface area is 195 Å². The van der Waals surface area contributed by atoms with E-state index in [0.29, 0.717) is 5.92 Å². The molecule has 0 saturated heterocycles. The van der Waals surface area contributed by atoms with Gasteiger partial charge in [-0.05, 0) is 47.0 Å². The first-order valence-corrected chi connectivity index (χ1v) is 12.5. The first-order chi connectivity index (χ1) is 15.6. The van der Waals surface area contributed by atoms with Crippen LogP contribution in [-0.2, 0) is 6.42 Å². The van der Waals surface area contributed by atoms with Gasteiger partial charge in [-0.15, -0.1) is 22.7 Å². The number of hydrogen-bond acceptors (Lipinski definition) is 5. The van der Waals surface area contributed by atoms with Gasteiger partial charge in [0.25, 0.3) is 0 Å². The van der Waals surface area contributed by atoms with Crippen LogP contribution in [0.1, 0.15) is 42.3 Å². The van der Waals surface area contributed by atoms with Crippen molar-refractivity contribution in [2.45, 2.75) is 32.7 Å². The molecule has 0 saturated carbocycles. The highest BCUT2D eigenvalue weighted by Gasteiger charge is 2.32. The van der Waals surface area contributed by atoms with Crippen LogP contribution in [0.2, 0.25) is 0 Å². The van der Waals surface area contributed by atoms with E-state index in [4.69, 9.17) is 10.1 Å². The molecule has 0 bridgehead atoms. The number of hydrogen-bond donors (Lipinski definition) is 0. The normalized spacial score (nSPS) is 16.1. The second-order valence-corrected chi connectivity index (χ2v) is 10.2. The SMILES string of the molecule is CC(C)Cc1ccc(-c2csc(N3N=C(c4cccs4)C[C@H]3c3ccc(F)cc3)n2)cc1. The van der Waals surface area contributed by atoms with Gasteiger partial charge >= 0.3 is 0 Å². The molecule has 4 aromatic rings. The second-order valence-electron chi connectivity index (χ2n) is 8.45. The largest absolute Gasteiger partial charge is 0.231 e. The van der Waals surface area contributed by atoms with Crippen molar-refractivity contribution >= 4 is 33.5 Å². The number of halogens is 1. The smallest absolute Gasteiger partial charge is 0.207 e. The summed E-state index contributed by atoms with van der Waals surface area (Å²) in [7, 11) is 0. The minimum atomic E-state index is -0.227. The molecule has 0 spiro atoms. The highest BCUT2D eigenvalue weighted by molar-refractivity contribution is 7.14. The Kier molecular flexibility index (Phi) is 5.89. The van der Waals surface area contributed by atoms with Crippen LogP contribution >= 0.6 is 22.7 Å². The summed E-state index contributed by atoms with van der Waals surface area (Å²) in [5.41, 5.74) is 5.50. The van der Waals surface area contributed by atoms with Crippen LogP contribution in [0.25, 0.3) is 11.3 Å². The zero-order chi connectivity index (χ0) is 22.1. The highest BCUT2D eigenvalue weighted by atomic mass is 32.1. The third-order valence-corrected chi connectivity index (χ3v) is 7.30. The molecule has 3 heterocycles. The van der Waals surface area contributed by atoms with Gasteiger partial charge in [-0.1, -0.05) is 56.3 Å². The van der Waals surface area contributed by atoms with E-state index in [1.807, 2.05) is 23.2 Å². The molecule has 1 aliphatic rings. The lowest BCUT2D eigenvalue weighted by Gasteiger charge is -2.21. The molecule has 2 aromatic heterocycles. The van der Waals surface area contributed by atoms with Crippen LogP contribution in [0.3, 0.4) is 0 Å². The number of thiophene rings is 1. The Balaban J connectivity index is 1.45. The standard InChI is InChI=1S/C26H24FN3S2/c1-17(2)14-18-5-7-19(8-6-18)23-16-32-26(28-23)30-24(20-9-11-21(27)12-10-20)15-22(29-30)25-4-3-13-31-25/h3-13,16-17,24H,14-15H2,1-2H3/t24-/m0/s1. The summed E-state index contributed by atoms with van der Waals surface area (Å²) in [5, 5.41) is 12.0. The van der Waals surface area contributed by atoms with Crippen LogP contribution in [0.5, 0.6) is 0 Å². The topological polar surface area (TPSA) is 28.5 Å². The van der Waals surface area contributed by atoms with Crippen molar-refractivity contribution in [3.05, 3.63) is 93.2 Å². The molecule has 1 aliphatic heterocycles. The van der Waals surface area contributed by atoms with Gasteiger partial charge < -0.3 is 0 Å². The molecule has 0 radical (unpaired) electrons. The van der Waals surface area contributed by atoms with Gasteiger partial charge in [0.15, 0.2) is 0 Å². The lowest BCUT2D eigenvalue weighted by Crippen LogP contribution is -2.18. The van der Waals surface area contributed by atoms with Gasteiger partial charge in [0.2, 0.25) is 5.13 Å². The van der Waals surface area contributed by atoms with E-state index in [1.54, 1.807) is 22.7 Å². The summed E-state index contributed by atoms with van der Waals surface area (Å²) in [4.78, 5) is 6.09. The van der Waals surface area contributed by atoms with Gasteiger partial charge in [-0.3, -0.25) is 0 Å². The van der Waals surface area contributed by atoms with Gasteiger partial charge in [-0.2, -0.15) is 5.10 Å². The quantitative estimate of drug-likeness (QED) is 0.296. The Hall–Kier alpha value is -2.83. The molecule has 0 N–H and O–H groups in total. The zero-order valence-corrected chi connectivity index (χ0v) is 19.7. The summed E-state index contributed by atoms with van der Waals surface area (Å²) in [6.07, 6.45) is 1.85. The minimum Gasteiger partial charge on any atom is -0.231 e. The van der Waals surface area contributed by atoms with E-state index in [2.05, 4.69) is 54.9 Å². The Morgan fingerprint density at radius 2 is 1.81 bits per heavy atom. The van der Waals surface area contributed by atoms with Crippen molar-refractivity contribution in [3.63, 3.8) is 0 Å². The maximum atomic E-state index is 13.5. The van der Waals surface area contributed by atoms with E-state index in [-0.39, 0.29) is 11.9 Å². The summed E-state index contributed by atoms with van der Waals surface area (Å²) >= 11 is 3.28. The molecule has 2 aromatic carbocycles. The first kappa shape index (κ1) is 21.0. The van der Waals surface area contributed by atoms with E-state index in [1.165, 1.54) is 17.7 Å². The summed E-state index contributed by atoms with van der Waals surface area (Å²) in [5.74, 6) is 0.413. The highest BCUT2D eigenvalue weighted by Crippen LogP contribution is 2.40. The van der Waals surface area contributed by atoms with Gasteiger partial charge in [0, 0.05) is 17.4 Å². The van der Waals surface area contributed by atoms with Gasteiger partial charge in [0.1, 0.15) is 5.82 Å². The minimum absolute atomic E-state index is 0.000109. The molecular formula is C26H24FN3S2. The number of benzene rings is 2. The molecule has 6 heteroatoms. The number of thiazole rings is 1. The molecule has 0 unspecified atom stereocenters. The Morgan fingerprint density at radius 3 is 2.50 bits per heavy atom. The average Bonchev–Trinajstić information content (AvgIpc) is 3.54. The monoisotopic (exact) mass is 461 g/mol. The fourth-order valence-corrected chi connectivity index (χ4v) is 5.56. The molecule has 32 heavy (non-hydrogen) atoms. The van der Waals surface area contributed by atoms with E-state index in [9.17, 15) is 4.39 Å². The van der Waals surface area contributed by atoms with E-state index >= 15 is 0 Å². The van der Waals surface area contributed by atoms with Gasteiger partial charge in [-0.25, -0.2) is 14.4 Å². The molecule has 5 rings (SSSR count). The van der Waals surface area contributed by atoms with Crippen molar-refractivity contribution in [1.82, 2.24) is 4.98 Å². The average molecular weight is 462 g/mol. The molecule has 1 atom stereocenters. The predicted octanol–water partition coefficient (Wildman–Crippen LogP) is 7.56. The van der Waals surface area contributed by atoms with Crippen LogP contribution < -0.4 is 5.01 Å². The summed E-state index contributed by atoms with van der Waals surface area (Å²) in [6.45, 7) is 4.47. The number of rotatable bonds is 6. The number of anilines is 1. The molecular weight excluding hydrogens is 437 g/mol. The van der Waals surface area contributed by atoms with Crippen LogP contribution in [0, 0.1) is 11.7 Å². The number of nitrogens with zero attached hydrogens (tertiary/aromatic N) is 3. The number of hydrazone groups is 1. The first-order valence-electron chi connectivity index (χ1n) is 10.8. The van der Waals surface area contributed by atoms with Crippen LogP contribution in [0.4, 0.5) is 9.52 Å². The van der Waals surface area contributed by atoms with Crippen molar-refractivity contribution in [2.24, 2.45) is 11.0 Å². The fraction of sp³-hybridized carbons (Fsp3) is 0.231. The van der Waals surface area contributed by atoms with E-state index in [0.717, 1.165) is 45.4 Å². The van der Waals surface area contributed by atoms with E-state index < -0.39 is 0 Å². The predicted molar refractivity (Wildman–Crippen MR) is 133 cm³/mol. The Morgan fingerprint density at radius 1 is 1.03 bits per heavy atom. The lowest BCUT2D eigenvalue weighted by molar-refractivity contribution is 0.624. The van der Waals surface area contributed by atoms with Crippen LogP contribution in [0.15, 0.2) is 76.5 Å².